The molecular weight excluding hydrogens is 218 g/mol. The van der Waals surface area contributed by atoms with Crippen LogP contribution in [-0.2, 0) is 0 Å². The third-order valence-corrected chi connectivity index (χ3v) is 2.60. The molecule has 0 amide bonds. The van der Waals surface area contributed by atoms with E-state index in [0.29, 0.717) is 0 Å². The van der Waals surface area contributed by atoms with Crippen molar-refractivity contribution in [2.75, 3.05) is 11.9 Å². The zero-order valence-electron chi connectivity index (χ0n) is 10.4. The van der Waals surface area contributed by atoms with Gasteiger partial charge in [0.05, 0.1) is 4.92 Å². The van der Waals surface area contributed by atoms with Gasteiger partial charge in [-0.2, -0.15) is 0 Å². The van der Waals surface area contributed by atoms with E-state index in [1.807, 2.05) is 6.92 Å². The average molecular weight is 237 g/mol. The van der Waals surface area contributed by atoms with Crippen molar-refractivity contribution in [2.24, 2.45) is 0 Å². The predicted octanol–water partition coefficient (Wildman–Crippen LogP) is 3.29. The molecule has 17 heavy (non-hydrogen) atoms. The van der Waals surface area contributed by atoms with Gasteiger partial charge in [0.25, 0.3) is 5.69 Å². The highest BCUT2D eigenvalue weighted by molar-refractivity contribution is 5.48. The number of nitro groups is 1. The number of pyridine rings is 1. The second-order valence-electron chi connectivity index (χ2n) is 4.10. The average Bonchev–Trinajstić information content (AvgIpc) is 2.30. The van der Waals surface area contributed by atoms with Crippen LogP contribution in [0.2, 0.25) is 0 Å². The van der Waals surface area contributed by atoms with Gasteiger partial charge in [-0.3, -0.25) is 10.1 Å². The topological polar surface area (TPSA) is 68.1 Å². The summed E-state index contributed by atoms with van der Waals surface area (Å²) < 4.78 is 0. The molecule has 0 saturated heterocycles. The number of hydrogen-bond donors (Lipinski definition) is 1. The van der Waals surface area contributed by atoms with Crippen LogP contribution >= 0.6 is 0 Å². The molecule has 0 bridgehead atoms. The summed E-state index contributed by atoms with van der Waals surface area (Å²) in [5, 5.41) is 13.7. The van der Waals surface area contributed by atoms with Crippen LogP contribution in [0, 0.1) is 17.0 Å². The predicted molar refractivity (Wildman–Crippen MR) is 68.3 cm³/mol. The minimum absolute atomic E-state index is 0.0408. The number of anilines is 1. The van der Waals surface area contributed by atoms with Crippen LogP contribution in [0.4, 0.5) is 11.5 Å². The SMILES string of the molecule is CCCCCCNc1ncc([N+](=O)[O-])cc1C. The molecule has 1 aromatic rings. The van der Waals surface area contributed by atoms with Gasteiger partial charge < -0.3 is 5.32 Å². The molecule has 1 N–H and O–H groups in total. The van der Waals surface area contributed by atoms with E-state index in [0.717, 1.165) is 24.3 Å². The van der Waals surface area contributed by atoms with Crippen molar-refractivity contribution in [3.05, 3.63) is 27.9 Å². The molecular formula is C12H19N3O2. The number of aryl methyl sites for hydroxylation is 1. The molecule has 1 rings (SSSR count). The fourth-order valence-corrected chi connectivity index (χ4v) is 1.60. The molecule has 5 heteroatoms. The Morgan fingerprint density at radius 1 is 1.41 bits per heavy atom. The largest absolute Gasteiger partial charge is 0.370 e. The van der Waals surface area contributed by atoms with E-state index in [9.17, 15) is 10.1 Å². The number of nitrogens with one attached hydrogen (secondary N) is 1. The second-order valence-corrected chi connectivity index (χ2v) is 4.10. The normalized spacial score (nSPS) is 10.2. The van der Waals surface area contributed by atoms with Crippen molar-refractivity contribution in [3.63, 3.8) is 0 Å². The Morgan fingerprint density at radius 2 is 2.18 bits per heavy atom. The quantitative estimate of drug-likeness (QED) is 0.449. The van der Waals surface area contributed by atoms with Gasteiger partial charge in [-0.05, 0) is 18.9 Å². The Kier molecular flexibility index (Phi) is 5.39. The Balaban J connectivity index is 2.46. The molecule has 0 aliphatic carbocycles. The number of nitrogens with zero attached hydrogens (tertiary/aromatic N) is 2. The molecule has 0 aromatic carbocycles. The molecule has 0 radical (unpaired) electrons. The zero-order chi connectivity index (χ0) is 12.7. The first-order chi connectivity index (χ1) is 8.15. The first-order valence-corrected chi connectivity index (χ1v) is 6.00. The van der Waals surface area contributed by atoms with Crippen LogP contribution in [0.15, 0.2) is 12.3 Å². The summed E-state index contributed by atoms with van der Waals surface area (Å²) in [6, 6.07) is 1.54. The zero-order valence-corrected chi connectivity index (χ0v) is 10.4. The lowest BCUT2D eigenvalue weighted by Crippen LogP contribution is -2.05. The molecule has 0 unspecified atom stereocenters. The molecule has 0 spiro atoms. The monoisotopic (exact) mass is 237 g/mol. The number of hydrogen-bond acceptors (Lipinski definition) is 4. The summed E-state index contributed by atoms with van der Waals surface area (Å²) >= 11 is 0. The highest BCUT2D eigenvalue weighted by Crippen LogP contribution is 2.17. The molecule has 0 aliphatic rings. The van der Waals surface area contributed by atoms with Crippen molar-refractivity contribution in [1.29, 1.82) is 0 Å². The van der Waals surface area contributed by atoms with Crippen LogP contribution in [0.1, 0.15) is 38.2 Å². The lowest BCUT2D eigenvalue weighted by molar-refractivity contribution is -0.385. The van der Waals surface area contributed by atoms with Crippen molar-refractivity contribution >= 4 is 11.5 Å². The summed E-state index contributed by atoms with van der Waals surface area (Å²) in [6.07, 6.45) is 6.06. The van der Waals surface area contributed by atoms with E-state index >= 15 is 0 Å². The lowest BCUT2D eigenvalue weighted by atomic mass is 10.2. The van der Waals surface area contributed by atoms with Gasteiger partial charge in [0.1, 0.15) is 12.0 Å². The molecule has 0 saturated carbocycles. The van der Waals surface area contributed by atoms with Crippen LogP contribution in [0.25, 0.3) is 0 Å². The molecule has 5 nitrogen and oxygen atoms in total. The number of aromatic nitrogens is 1. The molecule has 1 aromatic heterocycles. The minimum Gasteiger partial charge on any atom is -0.370 e. The first kappa shape index (κ1) is 13.4. The number of unbranched alkanes of at least 4 members (excludes halogenated alkanes) is 3. The van der Waals surface area contributed by atoms with E-state index < -0.39 is 4.92 Å². The van der Waals surface area contributed by atoms with E-state index in [4.69, 9.17) is 0 Å². The standard InChI is InChI=1S/C12H19N3O2/c1-3-4-5-6-7-13-12-10(2)8-11(9-14-12)15(16)17/h8-9H,3-7H2,1-2H3,(H,13,14). The van der Waals surface area contributed by atoms with E-state index in [-0.39, 0.29) is 5.69 Å². The Hall–Kier alpha value is -1.65. The fraction of sp³-hybridized carbons (Fsp3) is 0.583. The van der Waals surface area contributed by atoms with Crippen LogP contribution in [0.3, 0.4) is 0 Å². The number of rotatable bonds is 7. The van der Waals surface area contributed by atoms with Crippen molar-refractivity contribution in [1.82, 2.24) is 4.98 Å². The molecule has 94 valence electrons. The second kappa shape index (κ2) is 6.83. The Bertz CT molecular complexity index is 380. The summed E-state index contributed by atoms with van der Waals surface area (Å²) in [7, 11) is 0. The third kappa shape index (κ3) is 4.38. The van der Waals surface area contributed by atoms with Crippen LogP contribution in [0.5, 0.6) is 0 Å². The van der Waals surface area contributed by atoms with E-state index in [1.54, 1.807) is 6.07 Å². The van der Waals surface area contributed by atoms with Gasteiger partial charge in [0.15, 0.2) is 0 Å². The molecule has 0 aliphatic heterocycles. The van der Waals surface area contributed by atoms with Gasteiger partial charge in [-0.1, -0.05) is 26.2 Å². The lowest BCUT2D eigenvalue weighted by Gasteiger charge is -2.07. The van der Waals surface area contributed by atoms with Crippen molar-refractivity contribution in [2.45, 2.75) is 39.5 Å². The van der Waals surface area contributed by atoms with Gasteiger partial charge in [-0.25, -0.2) is 4.98 Å². The Labute approximate surface area is 101 Å². The minimum atomic E-state index is -0.426. The molecule has 0 atom stereocenters. The molecule has 0 fully saturated rings. The third-order valence-electron chi connectivity index (χ3n) is 2.60. The van der Waals surface area contributed by atoms with Crippen molar-refractivity contribution in [3.8, 4) is 0 Å². The Morgan fingerprint density at radius 3 is 2.76 bits per heavy atom. The van der Waals surface area contributed by atoms with Gasteiger partial charge in [-0.15, -0.1) is 0 Å². The van der Waals surface area contributed by atoms with E-state index in [1.165, 1.54) is 25.5 Å². The summed E-state index contributed by atoms with van der Waals surface area (Å²) in [6.45, 7) is 4.87. The molecule has 1 heterocycles. The highest BCUT2D eigenvalue weighted by Gasteiger charge is 2.08. The van der Waals surface area contributed by atoms with Crippen LogP contribution < -0.4 is 5.32 Å². The maximum absolute atomic E-state index is 10.5. The fourth-order valence-electron chi connectivity index (χ4n) is 1.60. The van der Waals surface area contributed by atoms with Gasteiger partial charge in [0, 0.05) is 12.6 Å². The maximum atomic E-state index is 10.5. The van der Waals surface area contributed by atoms with Crippen LogP contribution in [-0.4, -0.2) is 16.5 Å². The van der Waals surface area contributed by atoms with Gasteiger partial charge >= 0.3 is 0 Å². The summed E-state index contributed by atoms with van der Waals surface area (Å²) in [4.78, 5) is 14.2. The summed E-state index contributed by atoms with van der Waals surface area (Å²) in [5.74, 6) is 0.743. The van der Waals surface area contributed by atoms with Gasteiger partial charge in [0.2, 0.25) is 0 Å². The van der Waals surface area contributed by atoms with E-state index in [2.05, 4.69) is 17.2 Å². The first-order valence-electron chi connectivity index (χ1n) is 6.00. The smallest absolute Gasteiger partial charge is 0.287 e. The maximum Gasteiger partial charge on any atom is 0.287 e. The highest BCUT2D eigenvalue weighted by atomic mass is 16.6. The van der Waals surface area contributed by atoms with Crippen molar-refractivity contribution < 1.29 is 4.92 Å². The summed E-state index contributed by atoms with van der Waals surface area (Å²) in [5.41, 5.74) is 0.855.